The molecule has 0 radical (unpaired) electrons. The van der Waals surface area contributed by atoms with Crippen molar-refractivity contribution in [2.45, 2.75) is 6.54 Å². The minimum absolute atomic E-state index is 0.0775. The smallest absolute Gasteiger partial charge is 0.261 e. The van der Waals surface area contributed by atoms with Crippen LogP contribution in [0.25, 0.3) is 20.1 Å². The molecule has 0 atom stereocenters. The van der Waals surface area contributed by atoms with Gasteiger partial charge in [-0.25, -0.2) is 4.98 Å². The maximum Gasteiger partial charge on any atom is 0.261 e. The van der Waals surface area contributed by atoms with E-state index in [4.69, 9.17) is 4.74 Å². The highest BCUT2D eigenvalue weighted by Crippen LogP contribution is 2.34. The average Bonchev–Trinajstić information content (AvgIpc) is 3.39. The molecule has 30 heavy (non-hydrogen) atoms. The Balaban J connectivity index is 1.37. The molecule has 0 aliphatic heterocycles. The number of aromatic nitrogens is 1. The van der Waals surface area contributed by atoms with Crippen molar-refractivity contribution >= 4 is 38.8 Å². The molecule has 4 rings (SSSR count). The Bertz CT molecular complexity index is 1120. The molecule has 2 aromatic heterocycles. The van der Waals surface area contributed by atoms with Crippen molar-refractivity contribution in [2.24, 2.45) is 0 Å². The van der Waals surface area contributed by atoms with Crippen LogP contribution in [0.4, 0.5) is 0 Å². The predicted molar refractivity (Wildman–Crippen MR) is 125 cm³/mol. The fourth-order valence-corrected chi connectivity index (χ4v) is 4.86. The van der Waals surface area contributed by atoms with Crippen molar-refractivity contribution in [3.05, 3.63) is 71.1 Å². The lowest BCUT2D eigenvalue weighted by molar-refractivity contribution is 0.0955. The van der Waals surface area contributed by atoms with Gasteiger partial charge in [0.15, 0.2) is 0 Å². The van der Waals surface area contributed by atoms with Crippen LogP contribution < -0.4 is 10.1 Å². The van der Waals surface area contributed by atoms with Gasteiger partial charge in [-0.3, -0.25) is 4.79 Å². The number of para-hydroxylation sites is 1. The standard InChI is InChI=1S/C23H23N3O2S2/c1-26(2)12-13-28-17-7-5-6-16(14-17)15-24-22(27)20-10-11-21(29-20)23-25-18-8-3-4-9-19(18)30-23/h3-11,14H,12-13,15H2,1-2H3,(H,24,27). The van der Waals surface area contributed by atoms with Gasteiger partial charge in [0, 0.05) is 13.1 Å². The van der Waals surface area contributed by atoms with Gasteiger partial charge >= 0.3 is 0 Å². The zero-order valence-corrected chi connectivity index (χ0v) is 18.6. The summed E-state index contributed by atoms with van der Waals surface area (Å²) in [6.07, 6.45) is 0. The molecule has 2 aromatic carbocycles. The van der Waals surface area contributed by atoms with E-state index >= 15 is 0 Å². The molecule has 0 bridgehead atoms. The fourth-order valence-electron chi connectivity index (χ4n) is 2.91. The Morgan fingerprint density at radius 1 is 1.07 bits per heavy atom. The number of hydrogen-bond donors (Lipinski definition) is 1. The van der Waals surface area contributed by atoms with Crippen LogP contribution in [0.1, 0.15) is 15.2 Å². The van der Waals surface area contributed by atoms with E-state index in [1.807, 2.05) is 68.7 Å². The van der Waals surface area contributed by atoms with Crippen molar-refractivity contribution in [2.75, 3.05) is 27.2 Å². The van der Waals surface area contributed by atoms with Gasteiger partial charge < -0.3 is 15.0 Å². The molecular weight excluding hydrogens is 414 g/mol. The van der Waals surface area contributed by atoms with E-state index in [0.29, 0.717) is 18.0 Å². The predicted octanol–water partition coefficient (Wildman–Crippen LogP) is 4.90. The van der Waals surface area contributed by atoms with E-state index in [1.54, 1.807) is 11.3 Å². The summed E-state index contributed by atoms with van der Waals surface area (Å²) in [7, 11) is 4.03. The molecule has 154 valence electrons. The third-order valence-electron chi connectivity index (χ3n) is 4.49. The van der Waals surface area contributed by atoms with Crippen molar-refractivity contribution < 1.29 is 9.53 Å². The van der Waals surface area contributed by atoms with Gasteiger partial charge in [-0.1, -0.05) is 24.3 Å². The zero-order valence-electron chi connectivity index (χ0n) is 16.9. The Morgan fingerprint density at radius 2 is 1.93 bits per heavy atom. The number of hydrogen-bond acceptors (Lipinski definition) is 6. The van der Waals surface area contributed by atoms with Gasteiger partial charge in [-0.05, 0) is 56.1 Å². The van der Waals surface area contributed by atoms with Gasteiger partial charge in [0.2, 0.25) is 0 Å². The second-order valence-corrected chi connectivity index (χ2v) is 9.25. The molecular formula is C23H23N3O2S2. The molecule has 5 nitrogen and oxygen atoms in total. The summed E-state index contributed by atoms with van der Waals surface area (Å²) in [5.41, 5.74) is 2.00. The summed E-state index contributed by atoms with van der Waals surface area (Å²) in [5, 5.41) is 3.95. The van der Waals surface area contributed by atoms with Crippen molar-refractivity contribution in [1.82, 2.24) is 15.2 Å². The molecule has 0 aliphatic rings. The minimum atomic E-state index is -0.0775. The lowest BCUT2D eigenvalue weighted by atomic mass is 10.2. The van der Waals surface area contributed by atoms with Gasteiger partial charge in [-0.2, -0.15) is 0 Å². The van der Waals surface area contributed by atoms with Crippen LogP contribution in [-0.2, 0) is 6.54 Å². The van der Waals surface area contributed by atoms with Crippen LogP contribution in [0.2, 0.25) is 0 Å². The van der Waals surface area contributed by atoms with E-state index in [0.717, 1.165) is 38.0 Å². The van der Waals surface area contributed by atoms with E-state index in [-0.39, 0.29) is 5.91 Å². The van der Waals surface area contributed by atoms with E-state index in [1.165, 1.54) is 11.3 Å². The molecule has 7 heteroatoms. The molecule has 4 aromatic rings. The van der Waals surface area contributed by atoms with E-state index < -0.39 is 0 Å². The summed E-state index contributed by atoms with van der Waals surface area (Å²) in [6.45, 7) is 1.95. The highest BCUT2D eigenvalue weighted by Gasteiger charge is 2.13. The van der Waals surface area contributed by atoms with Crippen LogP contribution in [0.5, 0.6) is 5.75 Å². The molecule has 1 N–H and O–H groups in total. The lowest BCUT2D eigenvalue weighted by Crippen LogP contribution is -2.22. The lowest BCUT2D eigenvalue weighted by Gasteiger charge is -2.12. The van der Waals surface area contributed by atoms with Crippen molar-refractivity contribution in [3.63, 3.8) is 0 Å². The number of likely N-dealkylation sites (N-methyl/N-ethyl adjacent to an activating group) is 1. The van der Waals surface area contributed by atoms with Crippen LogP contribution in [0.3, 0.4) is 0 Å². The number of thiophene rings is 1. The number of ether oxygens (including phenoxy) is 1. The third-order valence-corrected chi connectivity index (χ3v) is 6.78. The second kappa shape index (κ2) is 9.38. The maximum atomic E-state index is 12.6. The van der Waals surface area contributed by atoms with Gasteiger partial charge in [-0.15, -0.1) is 22.7 Å². The molecule has 2 heterocycles. The number of amides is 1. The van der Waals surface area contributed by atoms with Crippen molar-refractivity contribution in [3.8, 4) is 15.6 Å². The Hall–Kier alpha value is -2.74. The third kappa shape index (κ3) is 5.05. The molecule has 0 fully saturated rings. The number of nitrogens with zero attached hydrogens (tertiary/aromatic N) is 2. The summed E-state index contributed by atoms with van der Waals surface area (Å²) in [4.78, 5) is 21.1. The van der Waals surface area contributed by atoms with Crippen LogP contribution in [0, 0.1) is 0 Å². The number of carbonyl (C=O) groups excluding carboxylic acids is 1. The second-order valence-electron chi connectivity index (χ2n) is 7.13. The summed E-state index contributed by atoms with van der Waals surface area (Å²) < 4.78 is 6.92. The Kier molecular flexibility index (Phi) is 6.42. The quantitative estimate of drug-likeness (QED) is 0.426. The molecule has 0 aliphatic carbocycles. The highest BCUT2D eigenvalue weighted by molar-refractivity contribution is 7.26. The SMILES string of the molecule is CN(C)CCOc1cccc(CNC(=O)c2ccc(-c3nc4ccccc4s3)s2)c1. The normalized spacial score (nSPS) is 11.2. The molecule has 0 saturated heterocycles. The zero-order chi connectivity index (χ0) is 20.9. The number of rotatable bonds is 8. The summed E-state index contributed by atoms with van der Waals surface area (Å²) >= 11 is 3.11. The maximum absolute atomic E-state index is 12.6. The van der Waals surface area contributed by atoms with E-state index in [2.05, 4.69) is 21.3 Å². The molecule has 0 saturated carbocycles. The number of benzene rings is 2. The minimum Gasteiger partial charge on any atom is -0.492 e. The highest BCUT2D eigenvalue weighted by atomic mass is 32.1. The first-order valence-corrected chi connectivity index (χ1v) is 11.3. The first kappa shape index (κ1) is 20.5. The summed E-state index contributed by atoms with van der Waals surface area (Å²) in [6, 6.07) is 19.7. The topological polar surface area (TPSA) is 54.5 Å². The Labute approximate surface area is 184 Å². The molecule has 0 unspecified atom stereocenters. The van der Waals surface area contributed by atoms with Gasteiger partial charge in [0.25, 0.3) is 5.91 Å². The van der Waals surface area contributed by atoms with Crippen molar-refractivity contribution in [1.29, 1.82) is 0 Å². The Morgan fingerprint density at radius 3 is 2.77 bits per heavy atom. The molecule has 0 spiro atoms. The summed E-state index contributed by atoms with van der Waals surface area (Å²) in [5.74, 6) is 0.740. The van der Waals surface area contributed by atoms with E-state index in [9.17, 15) is 4.79 Å². The largest absolute Gasteiger partial charge is 0.492 e. The number of thiazole rings is 1. The first-order chi connectivity index (χ1) is 14.6. The average molecular weight is 438 g/mol. The monoisotopic (exact) mass is 437 g/mol. The number of nitrogens with one attached hydrogen (secondary N) is 1. The van der Waals surface area contributed by atoms with Crippen LogP contribution in [-0.4, -0.2) is 43.0 Å². The van der Waals surface area contributed by atoms with Crippen LogP contribution >= 0.6 is 22.7 Å². The first-order valence-electron chi connectivity index (χ1n) is 9.69. The number of fused-ring (bicyclic) bond motifs is 1. The van der Waals surface area contributed by atoms with Crippen LogP contribution in [0.15, 0.2) is 60.7 Å². The fraction of sp³-hybridized carbons (Fsp3) is 0.217. The van der Waals surface area contributed by atoms with Gasteiger partial charge in [0.1, 0.15) is 17.4 Å². The number of carbonyl (C=O) groups is 1. The van der Waals surface area contributed by atoms with Gasteiger partial charge in [0.05, 0.1) is 20.0 Å². The molecule has 1 amide bonds.